The Bertz CT molecular complexity index is 786. The zero-order valence-electron chi connectivity index (χ0n) is 23.4. The highest BCUT2D eigenvalue weighted by molar-refractivity contribution is 5.69. The second-order valence-corrected chi connectivity index (χ2v) is 11.4. The van der Waals surface area contributed by atoms with Gasteiger partial charge in [-0.1, -0.05) is 49.4 Å². The van der Waals surface area contributed by atoms with Gasteiger partial charge in [-0.15, -0.1) is 0 Å². The third-order valence-electron chi connectivity index (χ3n) is 7.98. The topological polar surface area (TPSA) is 65.0 Å². The molecule has 5 heteroatoms. The Hall–Kier alpha value is -1.69. The Morgan fingerprint density at radius 1 is 1.14 bits per heavy atom. The molecule has 0 amide bonds. The molecular weight excluding hydrogens is 464 g/mol. The van der Waals surface area contributed by atoms with Crippen LogP contribution in [0.5, 0.6) is 0 Å². The summed E-state index contributed by atoms with van der Waals surface area (Å²) in [7, 11) is 0. The lowest BCUT2D eigenvalue weighted by Crippen LogP contribution is -2.29. The molecule has 5 nitrogen and oxygen atoms in total. The van der Waals surface area contributed by atoms with Crippen molar-refractivity contribution in [2.75, 3.05) is 6.61 Å². The Labute approximate surface area is 225 Å². The summed E-state index contributed by atoms with van der Waals surface area (Å²) in [5.74, 6) is 1.18. The summed E-state index contributed by atoms with van der Waals surface area (Å²) in [4.78, 5) is 11.7. The largest absolute Gasteiger partial charge is 0.463 e. The van der Waals surface area contributed by atoms with Crippen LogP contribution in [0.3, 0.4) is 0 Å². The van der Waals surface area contributed by atoms with Gasteiger partial charge in [0.2, 0.25) is 0 Å². The maximum Gasteiger partial charge on any atom is 0.306 e. The SMILES string of the molecule is CC(C)OC(=O)CCC/C=C\C[C@@H]1[C@@H](CC[C@H](CCc2ccccc2)OC2CCCCO2)[C@H](C)C[C@@H]1O. The van der Waals surface area contributed by atoms with Crippen molar-refractivity contribution in [2.24, 2.45) is 17.8 Å². The molecule has 2 aliphatic rings. The second-order valence-electron chi connectivity index (χ2n) is 11.4. The van der Waals surface area contributed by atoms with Gasteiger partial charge >= 0.3 is 5.97 Å². The Kier molecular flexibility index (Phi) is 13.2. The van der Waals surface area contributed by atoms with E-state index in [9.17, 15) is 9.90 Å². The maximum absolute atomic E-state index is 11.7. The number of hydrogen-bond donors (Lipinski definition) is 1. The number of unbranched alkanes of at least 4 members (excludes halogenated alkanes) is 1. The number of aryl methyl sites for hydroxylation is 1. The van der Waals surface area contributed by atoms with Crippen LogP contribution in [-0.4, -0.2) is 42.3 Å². The molecule has 2 fully saturated rings. The maximum atomic E-state index is 11.7. The highest BCUT2D eigenvalue weighted by Crippen LogP contribution is 2.42. The van der Waals surface area contributed by atoms with Crippen LogP contribution in [0.25, 0.3) is 0 Å². The lowest BCUT2D eigenvalue weighted by Gasteiger charge is -2.30. The molecular formula is C32H50O5. The molecule has 1 aliphatic carbocycles. The van der Waals surface area contributed by atoms with Crippen LogP contribution in [-0.2, 0) is 25.4 Å². The van der Waals surface area contributed by atoms with E-state index in [0.29, 0.717) is 18.3 Å². The zero-order chi connectivity index (χ0) is 26.5. The fraction of sp³-hybridized carbons (Fsp3) is 0.719. The summed E-state index contributed by atoms with van der Waals surface area (Å²) in [6, 6.07) is 10.7. The summed E-state index contributed by atoms with van der Waals surface area (Å²) in [5, 5.41) is 10.8. The lowest BCUT2D eigenvalue weighted by atomic mass is 9.83. The Morgan fingerprint density at radius 2 is 1.95 bits per heavy atom. The molecule has 1 unspecified atom stereocenters. The number of ether oxygens (including phenoxy) is 3. The van der Waals surface area contributed by atoms with Crippen LogP contribution in [0.1, 0.15) is 97.0 Å². The Morgan fingerprint density at radius 3 is 2.68 bits per heavy atom. The monoisotopic (exact) mass is 514 g/mol. The number of hydrogen-bond acceptors (Lipinski definition) is 5. The van der Waals surface area contributed by atoms with Crippen molar-refractivity contribution in [3.8, 4) is 0 Å². The van der Waals surface area contributed by atoms with Gasteiger partial charge in [-0.3, -0.25) is 4.79 Å². The van der Waals surface area contributed by atoms with E-state index in [1.807, 2.05) is 13.8 Å². The molecule has 1 aromatic rings. The van der Waals surface area contributed by atoms with Crippen molar-refractivity contribution in [3.63, 3.8) is 0 Å². The molecule has 0 radical (unpaired) electrons. The van der Waals surface area contributed by atoms with E-state index in [1.54, 1.807) is 0 Å². The van der Waals surface area contributed by atoms with Crippen LogP contribution < -0.4 is 0 Å². The molecule has 0 spiro atoms. The number of aliphatic hydroxyl groups excluding tert-OH is 1. The summed E-state index contributed by atoms with van der Waals surface area (Å²) in [5.41, 5.74) is 1.35. The van der Waals surface area contributed by atoms with E-state index >= 15 is 0 Å². The van der Waals surface area contributed by atoms with Gasteiger partial charge in [-0.2, -0.15) is 0 Å². The van der Waals surface area contributed by atoms with E-state index < -0.39 is 0 Å². The summed E-state index contributed by atoms with van der Waals surface area (Å²) >= 11 is 0. The van der Waals surface area contributed by atoms with Crippen LogP contribution in [0.15, 0.2) is 42.5 Å². The summed E-state index contributed by atoms with van der Waals surface area (Å²) < 4.78 is 17.6. The molecule has 1 aromatic carbocycles. The van der Waals surface area contributed by atoms with Gasteiger partial charge in [0, 0.05) is 13.0 Å². The smallest absolute Gasteiger partial charge is 0.306 e. The number of carbonyl (C=O) groups is 1. The van der Waals surface area contributed by atoms with Crippen molar-refractivity contribution in [1.82, 2.24) is 0 Å². The number of carbonyl (C=O) groups excluding carboxylic acids is 1. The third kappa shape index (κ3) is 10.9. The summed E-state index contributed by atoms with van der Waals surface area (Å²) in [6.07, 6.45) is 15.5. The van der Waals surface area contributed by atoms with E-state index in [4.69, 9.17) is 14.2 Å². The lowest BCUT2D eigenvalue weighted by molar-refractivity contribution is -0.191. The third-order valence-corrected chi connectivity index (χ3v) is 7.98. The van der Waals surface area contributed by atoms with Crippen LogP contribution in [0, 0.1) is 17.8 Å². The normalized spacial score (nSPS) is 27.1. The molecule has 0 bridgehead atoms. The highest BCUT2D eigenvalue weighted by atomic mass is 16.7. The minimum Gasteiger partial charge on any atom is -0.463 e. The molecule has 1 aliphatic heterocycles. The number of allylic oxidation sites excluding steroid dienone is 2. The van der Waals surface area contributed by atoms with Crippen molar-refractivity contribution in [2.45, 2.75) is 122 Å². The second kappa shape index (κ2) is 16.3. The fourth-order valence-electron chi connectivity index (χ4n) is 5.99. The van der Waals surface area contributed by atoms with Gasteiger partial charge in [0.25, 0.3) is 0 Å². The molecule has 37 heavy (non-hydrogen) atoms. The van der Waals surface area contributed by atoms with Crippen molar-refractivity contribution in [3.05, 3.63) is 48.0 Å². The fourth-order valence-corrected chi connectivity index (χ4v) is 5.99. The quantitative estimate of drug-likeness (QED) is 0.155. The molecule has 0 aromatic heterocycles. The number of aliphatic hydroxyl groups is 1. The average molecular weight is 515 g/mol. The standard InChI is InChI=1S/C32H50O5/c1-24(2)36-31(34)16-10-5-4-9-15-29-28(25(3)23-30(29)33)21-20-27(37-32-17-11-12-22-35-32)19-18-26-13-7-6-8-14-26/h4,6-9,13-14,24-25,27-30,32-33H,5,10-12,15-23H2,1-3H3/b9-4-/t25-,27+,28+,29-,30+,32?/m1/s1. The molecule has 1 saturated heterocycles. The van der Waals surface area contributed by atoms with E-state index in [1.165, 1.54) is 12.0 Å². The minimum absolute atomic E-state index is 0.0515. The first-order valence-corrected chi connectivity index (χ1v) is 14.8. The van der Waals surface area contributed by atoms with Gasteiger partial charge in [-0.05, 0) is 108 Å². The average Bonchev–Trinajstić information content (AvgIpc) is 3.15. The summed E-state index contributed by atoms with van der Waals surface area (Å²) in [6.45, 7) is 6.85. The van der Waals surface area contributed by atoms with E-state index in [2.05, 4.69) is 49.4 Å². The van der Waals surface area contributed by atoms with Crippen molar-refractivity contribution >= 4 is 5.97 Å². The van der Waals surface area contributed by atoms with Crippen molar-refractivity contribution < 1.29 is 24.1 Å². The number of benzene rings is 1. The molecule has 3 rings (SSSR count). The van der Waals surface area contributed by atoms with Crippen LogP contribution in [0.4, 0.5) is 0 Å². The predicted octanol–water partition coefficient (Wildman–Crippen LogP) is 7.01. The number of rotatable bonds is 15. The highest BCUT2D eigenvalue weighted by Gasteiger charge is 2.39. The van der Waals surface area contributed by atoms with Gasteiger partial charge in [0.1, 0.15) is 0 Å². The molecule has 1 saturated carbocycles. The predicted molar refractivity (Wildman–Crippen MR) is 148 cm³/mol. The van der Waals surface area contributed by atoms with Crippen LogP contribution >= 0.6 is 0 Å². The zero-order valence-corrected chi connectivity index (χ0v) is 23.4. The van der Waals surface area contributed by atoms with Gasteiger partial charge < -0.3 is 19.3 Å². The molecule has 1 N–H and O–H groups in total. The Balaban J connectivity index is 1.49. The van der Waals surface area contributed by atoms with E-state index in [-0.39, 0.29) is 36.5 Å². The molecule has 6 atom stereocenters. The number of esters is 1. The van der Waals surface area contributed by atoms with Gasteiger partial charge in [-0.25, -0.2) is 0 Å². The first-order valence-electron chi connectivity index (χ1n) is 14.8. The minimum atomic E-state index is -0.240. The van der Waals surface area contributed by atoms with E-state index in [0.717, 1.165) is 70.8 Å². The van der Waals surface area contributed by atoms with Crippen molar-refractivity contribution in [1.29, 1.82) is 0 Å². The van der Waals surface area contributed by atoms with Crippen LogP contribution in [0.2, 0.25) is 0 Å². The molecule has 1 heterocycles. The van der Waals surface area contributed by atoms with Gasteiger partial charge in [0.15, 0.2) is 6.29 Å². The van der Waals surface area contributed by atoms with Gasteiger partial charge in [0.05, 0.1) is 18.3 Å². The first-order chi connectivity index (χ1) is 17.9. The molecule has 208 valence electrons. The first kappa shape index (κ1) is 29.9.